The third-order valence-corrected chi connectivity index (χ3v) is 2.28. The molecule has 18 heavy (non-hydrogen) atoms. The van der Waals surface area contributed by atoms with Crippen LogP contribution in [-0.2, 0) is 6.54 Å². The molecule has 7 heteroatoms. The summed E-state index contributed by atoms with van der Waals surface area (Å²) in [5.74, 6) is 1.98. The van der Waals surface area contributed by atoms with Crippen molar-refractivity contribution in [2.75, 3.05) is 13.6 Å². The van der Waals surface area contributed by atoms with Gasteiger partial charge in [-0.3, -0.25) is 4.99 Å². The topological polar surface area (TPSA) is 75.3 Å². The van der Waals surface area contributed by atoms with Crippen LogP contribution in [0.2, 0.25) is 0 Å². The molecule has 1 aromatic rings. The largest absolute Gasteiger partial charge is 0.356 e. The Morgan fingerprint density at radius 1 is 1.33 bits per heavy atom. The first kappa shape index (κ1) is 17.1. The molecule has 0 spiro atoms. The van der Waals surface area contributed by atoms with E-state index in [1.54, 1.807) is 14.0 Å². The maximum atomic E-state index is 4.88. The molecule has 0 radical (unpaired) electrons. The van der Waals surface area contributed by atoms with Crippen molar-refractivity contribution in [2.45, 2.75) is 39.7 Å². The molecule has 104 valence electrons. The van der Waals surface area contributed by atoms with Crippen LogP contribution >= 0.6 is 24.0 Å². The van der Waals surface area contributed by atoms with Crippen LogP contribution in [0.15, 0.2) is 9.52 Å². The zero-order valence-electron chi connectivity index (χ0n) is 11.2. The Hall–Kier alpha value is -0.860. The molecule has 1 rings (SSSR count). The van der Waals surface area contributed by atoms with Crippen LogP contribution in [0, 0.1) is 6.92 Å². The number of unbranched alkanes of at least 4 members (excludes halogenated alkanes) is 2. The van der Waals surface area contributed by atoms with Gasteiger partial charge in [-0.1, -0.05) is 24.9 Å². The van der Waals surface area contributed by atoms with E-state index in [1.165, 1.54) is 12.8 Å². The molecule has 1 aromatic heterocycles. The van der Waals surface area contributed by atoms with Crippen LogP contribution in [-0.4, -0.2) is 29.7 Å². The van der Waals surface area contributed by atoms with Gasteiger partial charge in [-0.05, 0) is 6.42 Å². The molecule has 0 atom stereocenters. The molecule has 0 aromatic carbocycles. The second-order valence-corrected chi connectivity index (χ2v) is 3.79. The summed E-state index contributed by atoms with van der Waals surface area (Å²) in [6, 6.07) is 0. The van der Waals surface area contributed by atoms with E-state index in [-0.39, 0.29) is 24.0 Å². The first-order chi connectivity index (χ1) is 8.26. The normalized spacial score (nSPS) is 10.9. The van der Waals surface area contributed by atoms with Crippen LogP contribution in [0.5, 0.6) is 0 Å². The highest BCUT2D eigenvalue weighted by molar-refractivity contribution is 14.0. The lowest BCUT2D eigenvalue weighted by atomic mass is 10.2. The summed E-state index contributed by atoms with van der Waals surface area (Å²) in [5, 5.41) is 10.2. The van der Waals surface area contributed by atoms with Crippen molar-refractivity contribution in [3.63, 3.8) is 0 Å². The fourth-order valence-electron chi connectivity index (χ4n) is 1.38. The van der Waals surface area contributed by atoms with Gasteiger partial charge in [0.15, 0.2) is 11.8 Å². The summed E-state index contributed by atoms with van der Waals surface area (Å²) in [6.45, 7) is 5.41. The van der Waals surface area contributed by atoms with Gasteiger partial charge in [-0.25, -0.2) is 0 Å². The molecule has 0 saturated carbocycles. The lowest BCUT2D eigenvalue weighted by Crippen LogP contribution is -2.37. The fraction of sp³-hybridized carbons (Fsp3) is 0.727. The summed E-state index contributed by atoms with van der Waals surface area (Å²) in [5.41, 5.74) is 0. The van der Waals surface area contributed by atoms with Gasteiger partial charge in [0.1, 0.15) is 0 Å². The van der Waals surface area contributed by atoms with Gasteiger partial charge < -0.3 is 15.2 Å². The highest BCUT2D eigenvalue weighted by Gasteiger charge is 2.03. The van der Waals surface area contributed by atoms with Crippen molar-refractivity contribution in [2.24, 2.45) is 4.99 Å². The Kier molecular flexibility index (Phi) is 9.62. The van der Waals surface area contributed by atoms with Crippen LogP contribution in [0.4, 0.5) is 0 Å². The number of aromatic nitrogens is 2. The number of aliphatic imine (C=N–C) groups is 1. The number of hydrogen-bond acceptors (Lipinski definition) is 4. The van der Waals surface area contributed by atoms with Gasteiger partial charge in [0, 0.05) is 20.5 Å². The van der Waals surface area contributed by atoms with Crippen LogP contribution in [0.1, 0.15) is 37.9 Å². The average molecular weight is 367 g/mol. The van der Waals surface area contributed by atoms with Crippen LogP contribution < -0.4 is 10.6 Å². The Morgan fingerprint density at radius 2 is 2.11 bits per heavy atom. The monoisotopic (exact) mass is 367 g/mol. The van der Waals surface area contributed by atoms with Crippen LogP contribution in [0.25, 0.3) is 0 Å². The molecule has 0 saturated heterocycles. The van der Waals surface area contributed by atoms with E-state index in [2.05, 4.69) is 32.7 Å². The molecule has 2 N–H and O–H groups in total. The van der Waals surface area contributed by atoms with Gasteiger partial charge in [0.2, 0.25) is 5.89 Å². The SMILES string of the molecule is CCCCCNC(=NC)NCc1noc(C)n1.I. The Labute approximate surface area is 125 Å². The lowest BCUT2D eigenvalue weighted by Gasteiger charge is -2.09. The molecule has 1 heterocycles. The maximum absolute atomic E-state index is 4.88. The highest BCUT2D eigenvalue weighted by Crippen LogP contribution is 1.94. The molecular weight excluding hydrogens is 345 g/mol. The van der Waals surface area contributed by atoms with Gasteiger partial charge in [0.25, 0.3) is 0 Å². The molecule has 0 aliphatic heterocycles. The van der Waals surface area contributed by atoms with E-state index in [1.807, 2.05) is 0 Å². The quantitative estimate of drug-likeness (QED) is 0.347. The summed E-state index contributed by atoms with van der Waals surface area (Å²) in [6.07, 6.45) is 3.60. The summed E-state index contributed by atoms with van der Waals surface area (Å²) < 4.78 is 4.88. The van der Waals surface area contributed by atoms with E-state index in [4.69, 9.17) is 4.52 Å². The predicted octanol–water partition coefficient (Wildman–Crippen LogP) is 1.85. The minimum Gasteiger partial charge on any atom is -0.356 e. The van der Waals surface area contributed by atoms with E-state index in [0.29, 0.717) is 18.3 Å². The fourth-order valence-corrected chi connectivity index (χ4v) is 1.38. The van der Waals surface area contributed by atoms with Crippen LogP contribution in [0.3, 0.4) is 0 Å². The second kappa shape index (κ2) is 10.1. The molecule has 0 bridgehead atoms. The number of rotatable bonds is 6. The van der Waals surface area contributed by atoms with Gasteiger partial charge in [-0.15, -0.1) is 24.0 Å². The minimum absolute atomic E-state index is 0. The smallest absolute Gasteiger partial charge is 0.223 e. The van der Waals surface area contributed by atoms with Crippen molar-refractivity contribution in [3.8, 4) is 0 Å². The zero-order valence-corrected chi connectivity index (χ0v) is 13.5. The van der Waals surface area contributed by atoms with Gasteiger partial charge in [0.05, 0.1) is 6.54 Å². The van der Waals surface area contributed by atoms with E-state index in [0.717, 1.165) is 18.9 Å². The first-order valence-electron chi connectivity index (χ1n) is 6.00. The van der Waals surface area contributed by atoms with Crippen molar-refractivity contribution in [1.82, 2.24) is 20.8 Å². The summed E-state index contributed by atoms with van der Waals surface area (Å²) in [7, 11) is 1.75. The Morgan fingerprint density at radius 3 is 2.67 bits per heavy atom. The highest BCUT2D eigenvalue weighted by atomic mass is 127. The number of guanidine groups is 1. The molecule has 6 nitrogen and oxygen atoms in total. The minimum atomic E-state index is 0. The van der Waals surface area contributed by atoms with E-state index in [9.17, 15) is 0 Å². The van der Waals surface area contributed by atoms with E-state index < -0.39 is 0 Å². The number of nitrogens with one attached hydrogen (secondary N) is 2. The third-order valence-electron chi connectivity index (χ3n) is 2.28. The van der Waals surface area contributed by atoms with Gasteiger partial charge in [-0.2, -0.15) is 4.98 Å². The number of aryl methyl sites for hydroxylation is 1. The molecule has 0 fully saturated rings. The molecular formula is C11H22IN5O. The molecule has 0 aliphatic carbocycles. The van der Waals surface area contributed by atoms with Crippen molar-refractivity contribution >= 4 is 29.9 Å². The van der Waals surface area contributed by atoms with Crippen molar-refractivity contribution in [3.05, 3.63) is 11.7 Å². The van der Waals surface area contributed by atoms with E-state index >= 15 is 0 Å². The standard InChI is InChI=1S/C11H21N5O.HI/c1-4-5-6-7-13-11(12-3)14-8-10-15-9(2)17-16-10;/h4-8H2,1-3H3,(H2,12,13,14);1H. The predicted molar refractivity (Wildman–Crippen MR) is 82.2 cm³/mol. The third kappa shape index (κ3) is 6.77. The first-order valence-corrected chi connectivity index (χ1v) is 6.00. The summed E-state index contributed by atoms with van der Waals surface area (Å²) >= 11 is 0. The van der Waals surface area contributed by atoms with Gasteiger partial charge >= 0.3 is 0 Å². The summed E-state index contributed by atoms with van der Waals surface area (Å²) in [4.78, 5) is 8.22. The number of halogens is 1. The number of nitrogens with zero attached hydrogens (tertiary/aromatic N) is 3. The number of hydrogen-bond donors (Lipinski definition) is 2. The maximum Gasteiger partial charge on any atom is 0.223 e. The van der Waals surface area contributed by atoms with Crippen molar-refractivity contribution in [1.29, 1.82) is 0 Å². The molecule has 0 aliphatic rings. The Balaban J connectivity index is 0.00000289. The average Bonchev–Trinajstić information content (AvgIpc) is 2.74. The zero-order chi connectivity index (χ0) is 12.5. The second-order valence-electron chi connectivity index (χ2n) is 3.79. The molecule has 0 unspecified atom stereocenters. The lowest BCUT2D eigenvalue weighted by molar-refractivity contribution is 0.387. The van der Waals surface area contributed by atoms with Crippen molar-refractivity contribution < 1.29 is 4.52 Å². The Bertz CT molecular complexity index is 353. The molecule has 0 amide bonds.